The van der Waals surface area contributed by atoms with E-state index in [1.165, 1.54) is 4.90 Å². The number of carbonyl (C=O) groups is 2. The van der Waals surface area contributed by atoms with Crippen LogP contribution < -0.4 is 14.4 Å². The molecule has 0 aromatic heterocycles. The summed E-state index contributed by atoms with van der Waals surface area (Å²) in [5.74, 6) is -0.227. The van der Waals surface area contributed by atoms with Gasteiger partial charge in [-0.15, -0.1) is 0 Å². The van der Waals surface area contributed by atoms with Crippen molar-refractivity contribution in [1.29, 1.82) is 0 Å². The highest BCUT2D eigenvalue weighted by molar-refractivity contribution is 7.92. The Balaban J connectivity index is 1.63. The number of hydrogen-bond acceptors (Lipinski definition) is 5. The number of amides is 2. The van der Waals surface area contributed by atoms with Crippen LogP contribution in [0.25, 0.3) is 0 Å². The molecule has 1 N–H and O–H groups in total. The van der Waals surface area contributed by atoms with Gasteiger partial charge >= 0.3 is 0 Å². The summed E-state index contributed by atoms with van der Waals surface area (Å²) in [5.41, 5.74) is 4.06. The van der Waals surface area contributed by atoms with Crippen LogP contribution in [-0.4, -0.2) is 50.5 Å². The molecule has 0 radical (unpaired) electrons. The predicted octanol–water partition coefficient (Wildman–Crippen LogP) is 5.12. The first-order chi connectivity index (χ1) is 21.1. The van der Waals surface area contributed by atoms with Crippen LogP contribution in [0, 0.1) is 6.92 Å². The number of rotatable bonds is 14. The minimum atomic E-state index is -3.86. The van der Waals surface area contributed by atoms with E-state index in [1.54, 1.807) is 24.3 Å². The Morgan fingerprint density at radius 1 is 0.818 bits per heavy atom. The van der Waals surface area contributed by atoms with Crippen molar-refractivity contribution in [2.24, 2.45) is 0 Å². The molecule has 0 aliphatic rings. The number of aryl methyl sites for hydroxylation is 1. The molecule has 0 saturated heterocycles. The minimum Gasteiger partial charge on any atom is -0.489 e. The van der Waals surface area contributed by atoms with E-state index in [1.807, 2.05) is 98.8 Å². The normalized spacial score (nSPS) is 11.8. The molecule has 230 valence electrons. The first-order valence-corrected chi connectivity index (χ1v) is 16.4. The van der Waals surface area contributed by atoms with Crippen LogP contribution >= 0.6 is 0 Å². The monoisotopic (exact) mass is 613 g/mol. The van der Waals surface area contributed by atoms with E-state index in [9.17, 15) is 18.0 Å². The maximum absolute atomic E-state index is 14.1. The summed E-state index contributed by atoms with van der Waals surface area (Å²) in [6, 6.07) is 32.6. The van der Waals surface area contributed by atoms with E-state index in [4.69, 9.17) is 4.74 Å². The predicted molar refractivity (Wildman–Crippen MR) is 174 cm³/mol. The lowest BCUT2D eigenvalue weighted by atomic mass is 10.0. The molecule has 44 heavy (non-hydrogen) atoms. The average Bonchev–Trinajstić information content (AvgIpc) is 3.01. The van der Waals surface area contributed by atoms with E-state index >= 15 is 0 Å². The highest BCUT2D eigenvalue weighted by Crippen LogP contribution is 2.24. The van der Waals surface area contributed by atoms with Crippen LogP contribution in [0.5, 0.6) is 5.75 Å². The van der Waals surface area contributed by atoms with Gasteiger partial charge in [0, 0.05) is 19.5 Å². The SMILES string of the molecule is CCNC(=O)C(Cc1ccccc1)N(Cc1cccc(C)c1)C(=O)CN(c1ccc(OCc2ccccc2)cc1)S(C)(=O)=O. The van der Waals surface area contributed by atoms with Crippen molar-refractivity contribution in [1.82, 2.24) is 10.2 Å². The third-order valence-electron chi connectivity index (χ3n) is 7.11. The molecule has 0 saturated carbocycles. The van der Waals surface area contributed by atoms with Crippen molar-refractivity contribution >= 4 is 27.5 Å². The number of carbonyl (C=O) groups excluding carboxylic acids is 2. The van der Waals surface area contributed by atoms with Crippen LogP contribution in [0.1, 0.15) is 29.2 Å². The number of benzene rings is 4. The molecule has 2 amide bonds. The Bertz CT molecular complexity index is 1630. The molecule has 1 atom stereocenters. The van der Waals surface area contributed by atoms with Gasteiger partial charge in [0.05, 0.1) is 11.9 Å². The number of nitrogens with zero attached hydrogens (tertiary/aromatic N) is 2. The maximum Gasteiger partial charge on any atom is 0.244 e. The van der Waals surface area contributed by atoms with Crippen LogP contribution in [-0.2, 0) is 39.2 Å². The summed E-state index contributed by atoms with van der Waals surface area (Å²) in [7, 11) is -3.86. The fourth-order valence-electron chi connectivity index (χ4n) is 4.92. The van der Waals surface area contributed by atoms with Crippen molar-refractivity contribution in [2.75, 3.05) is 23.7 Å². The van der Waals surface area contributed by atoms with Gasteiger partial charge < -0.3 is 15.0 Å². The molecule has 0 aliphatic carbocycles. The molecule has 9 heteroatoms. The van der Waals surface area contributed by atoms with Gasteiger partial charge in [0.1, 0.15) is 24.9 Å². The van der Waals surface area contributed by atoms with Gasteiger partial charge in [0.2, 0.25) is 21.8 Å². The van der Waals surface area contributed by atoms with Crippen molar-refractivity contribution in [3.8, 4) is 5.75 Å². The number of anilines is 1. The number of sulfonamides is 1. The largest absolute Gasteiger partial charge is 0.489 e. The molecule has 1 unspecified atom stereocenters. The molecule has 0 bridgehead atoms. The maximum atomic E-state index is 14.1. The second kappa shape index (κ2) is 15.2. The van der Waals surface area contributed by atoms with Gasteiger partial charge in [-0.3, -0.25) is 13.9 Å². The second-order valence-electron chi connectivity index (χ2n) is 10.6. The van der Waals surface area contributed by atoms with E-state index in [0.29, 0.717) is 24.6 Å². The third-order valence-corrected chi connectivity index (χ3v) is 8.25. The van der Waals surface area contributed by atoms with Gasteiger partial charge in [-0.25, -0.2) is 8.42 Å². The molecule has 0 spiro atoms. The van der Waals surface area contributed by atoms with Crippen LogP contribution in [0.4, 0.5) is 5.69 Å². The van der Waals surface area contributed by atoms with Crippen molar-refractivity contribution < 1.29 is 22.7 Å². The average molecular weight is 614 g/mol. The topological polar surface area (TPSA) is 96.0 Å². The smallest absolute Gasteiger partial charge is 0.244 e. The fraction of sp³-hybridized carbons (Fsp3) is 0.257. The number of ether oxygens (including phenoxy) is 1. The Hall–Kier alpha value is -4.63. The van der Waals surface area contributed by atoms with E-state index in [2.05, 4.69) is 5.32 Å². The van der Waals surface area contributed by atoms with Crippen molar-refractivity contribution in [2.45, 2.75) is 39.5 Å². The van der Waals surface area contributed by atoms with Gasteiger partial charge in [-0.2, -0.15) is 0 Å². The summed E-state index contributed by atoms with van der Waals surface area (Å²) >= 11 is 0. The Kier molecular flexibility index (Phi) is 11.2. The molecule has 8 nitrogen and oxygen atoms in total. The van der Waals surface area contributed by atoms with Crippen molar-refractivity contribution in [3.63, 3.8) is 0 Å². The quantitative estimate of drug-likeness (QED) is 0.213. The molecular weight excluding hydrogens is 574 g/mol. The molecule has 0 heterocycles. The molecule has 4 rings (SSSR count). The standard InChI is InChI=1S/C35H39N3O5S/c1-4-36-35(40)33(23-28-13-7-5-8-14-28)37(24-30-17-11-12-27(2)22-30)34(39)25-38(44(3,41)42)31-18-20-32(21-19-31)43-26-29-15-9-6-10-16-29/h5-22,33H,4,23-26H2,1-3H3,(H,36,40). The number of likely N-dealkylation sites (N-methyl/N-ethyl adjacent to an activating group) is 1. The van der Waals surface area contributed by atoms with Crippen molar-refractivity contribution in [3.05, 3.63) is 131 Å². The van der Waals surface area contributed by atoms with Gasteiger partial charge in [-0.1, -0.05) is 90.5 Å². The van der Waals surface area contributed by atoms with Crippen LogP contribution in [0.2, 0.25) is 0 Å². The summed E-state index contributed by atoms with van der Waals surface area (Å²) in [6.45, 7) is 4.21. The second-order valence-corrected chi connectivity index (χ2v) is 12.6. The molecule has 0 fully saturated rings. The number of hydrogen-bond donors (Lipinski definition) is 1. The minimum absolute atomic E-state index is 0.138. The molecule has 4 aromatic carbocycles. The van der Waals surface area contributed by atoms with E-state index < -0.39 is 28.5 Å². The van der Waals surface area contributed by atoms with Gasteiger partial charge in [0.25, 0.3) is 0 Å². The van der Waals surface area contributed by atoms with Gasteiger partial charge in [-0.05, 0) is 54.8 Å². The summed E-state index contributed by atoms with van der Waals surface area (Å²) in [6.07, 6.45) is 1.34. The first kappa shape index (κ1) is 32.3. The summed E-state index contributed by atoms with van der Waals surface area (Å²) in [5, 5.41) is 2.87. The highest BCUT2D eigenvalue weighted by Gasteiger charge is 2.32. The Labute approximate surface area is 260 Å². The zero-order chi connectivity index (χ0) is 31.5. The summed E-state index contributed by atoms with van der Waals surface area (Å²) in [4.78, 5) is 29.1. The molecule has 0 aliphatic heterocycles. The zero-order valence-electron chi connectivity index (χ0n) is 25.3. The van der Waals surface area contributed by atoms with Crippen LogP contribution in [0.3, 0.4) is 0 Å². The van der Waals surface area contributed by atoms with E-state index in [0.717, 1.165) is 32.8 Å². The Morgan fingerprint density at radius 2 is 1.43 bits per heavy atom. The highest BCUT2D eigenvalue weighted by atomic mass is 32.2. The van der Waals surface area contributed by atoms with Gasteiger partial charge in [0.15, 0.2) is 0 Å². The lowest BCUT2D eigenvalue weighted by Gasteiger charge is -2.33. The zero-order valence-corrected chi connectivity index (χ0v) is 26.2. The fourth-order valence-corrected chi connectivity index (χ4v) is 5.77. The Morgan fingerprint density at radius 3 is 2.02 bits per heavy atom. The number of nitrogens with one attached hydrogen (secondary N) is 1. The summed E-state index contributed by atoms with van der Waals surface area (Å²) < 4.78 is 33.0. The first-order valence-electron chi connectivity index (χ1n) is 14.5. The lowest BCUT2D eigenvalue weighted by Crippen LogP contribution is -2.53. The van der Waals surface area contributed by atoms with Crippen LogP contribution in [0.15, 0.2) is 109 Å². The molecular formula is C35H39N3O5S. The van der Waals surface area contributed by atoms with E-state index in [-0.39, 0.29) is 18.9 Å². The lowest BCUT2D eigenvalue weighted by molar-refractivity contribution is -0.140. The third kappa shape index (κ3) is 9.18. The molecule has 4 aromatic rings.